The number of fused-ring (bicyclic) bond motifs is 1. The number of para-hydroxylation sites is 2. The molecule has 0 saturated carbocycles. The number of hydrogen-bond acceptors (Lipinski definition) is 5. The molecule has 1 saturated heterocycles. The first kappa shape index (κ1) is 11.4. The highest BCUT2D eigenvalue weighted by Crippen LogP contribution is 2.33. The molecular formula is C11H13N3OS2. The number of aromatic nitrogens is 2. The Morgan fingerprint density at radius 3 is 2.88 bits per heavy atom. The van der Waals surface area contributed by atoms with E-state index in [1.165, 1.54) is 0 Å². The molecule has 1 aliphatic heterocycles. The van der Waals surface area contributed by atoms with Gasteiger partial charge in [-0.1, -0.05) is 12.1 Å². The first-order chi connectivity index (χ1) is 8.42. The maximum atomic E-state index is 5.31. The zero-order valence-electron chi connectivity index (χ0n) is 9.26. The van der Waals surface area contributed by atoms with E-state index in [4.69, 9.17) is 4.74 Å². The summed E-state index contributed by atoms with van der Waals surface area (Å²) in [5.74, 6) is 0. The quantitative estimate of drug-likeness (QED) is 0.683. The van der Waals surface area contributed by atoms with Crippen LogP contribution in [0.2, 0.25) is 0 Å². The minimum atomic E-state index is 0.827. The highest BCUT2D eigenvalue weighted by molar-refractivity contribution is 8.75. The van der Waals surface area contributed by atoms with E-state index in [1.807, 2.05) is 24.3 Å². The monoisotopic (exact) mass is 267 g/mol. The van der Waals surface area contributed by atoms with Crippen LogP contribution in [-0.2, 0) is 4.74 Å². The zero-order chi connectivity index (χ0) is 11.5. The van der Waals surface area contributed by atoms with Gasteiger partial charge in [-0.05, 0) is 33.9 Å². The van der Waals surface area contributed by atoms with Crippen LogP contribution >= 0.6 is 21.8 Å². The number of nitrogens with one attached hydrogen (secondary N) is 1. The maximum absolute atomic E-state index is 5.31. The lowest BCUT2D eigenvalue weighted by molar-refractivity contribution is 0.0779. The van der Waals surface area contributed by atoms with Crippen molar-refractivity contribution in [3.05, 3.63) is 24.3 Å². The van der Waals surface area contributed by atoms with Crippen LogP contribution in [0.15, 0.2) is 29.4 Å². The minimum Gasteiger partial charge on any atom is -0.379 e. The fraction of sp³-hybridized carbons (Fsp3) is 0.364. The van der Waals surface area contributed by atoms with Crippen molar-refractivity contribution < 1.29 is 4.74 Å². The summed E-state index contributed by atoms with van der Waals surface area (Å²) in [7, 11) is 3.42. The van der Waals surface area contributed by atoms with E-state index in [0.29, 0.717) is 0 Å². The summed E-state index contributed by atoms with van der Waals surface area (Å²) in [6, 6.07) is 8.10. The van der Waals surface area contributed by atoms with Gasteiger partial charge in [-0.15, -0.1) is 0 Å². The molecule has 90 valence electrons. The largest absolute Gasteiger partial charge is 0.379 e. The number of aromatic amines is 1. The van der Waals surface area contributed by atoms with Gasteiger partial charge in [-0.2, -0.15) is 0 Å². The lowest BCUT2D eigenvalue weighted by atomic mass is 10.3. The second-order valence-electron chi connectivity index (χ2n) is 3.76. The van der Waals surface area contributed by atoms with E-state index in [9.17, 15) is 0 Å². The van der Waals surface area contributed by atoms with E-state index in [1.54, 1.807) is 21.8 Å². The third-order valence-electron chi connectivity index (χ3n) is 2.56. The molecule has 0 amide bonds. The molecule has 1 aliphatic rings. The molecule has 0 atom stereocenters. The Morgan fingerprint density at radius 2 is 2.06 bits per heavy atom. The number of hydrogen-bond donors (Lipinski definition) is 1. The maximum Gasteiger partial charge on any atom is 0.178 e. The van der Waals surface area contributed by atoms with Gasteiger partial charge in [-0.25, -0.2) is 9.29 Å². The van der Waals surface area contributed by atoms with Crippen molar-refractivity contribution in [2.75, 3.05) is 26.3 Å². The van der Waals surface area contributed by atoms with E-state index < -0.39 is 0 Å². The summed E-state index contributed by atoms with van der Waals surface area (Å²) in [4.78, 5) is 7.83. The zero-order valence-corrected chi connectivity index (χ0v) is 10.9. The van der Waals surface area contributed by atoms with Crippen molar-refractivity contribution in [3.63, 3.8) is 0 Å². The van der Waals surface area contributed by atoms with Gasteiger partial charge in [0.25, 0.3) is 0 Å². The molecule has 0 radical (unpaired) electrons. The number of morpholine rings is 1. The number of benzene rings is 1. The van der Waals surface area contributed by atoms with Crippen LogP contribution in [-0.4, -0.2) is 40.6 Å². The molecule has 0 aliphatic carbocycles. The van der Waals surface area contributed by atoms with Gasteiger partial charge in [0.15, 0.2) is 5.16 Å². The highest BCUT2D eigenvalue weighted by atomic mass is 33.1. The summed E-state index contributed by atoms with van der Waals surface area (Å²) < 4.78 is 7.62. The summed E-state index contributed by atoms with van der Waals surface area (Å²) in [5, 5.41) is 0.961. The van der Waals surface area contributed by atoms with E-state index in [0.717, 1.165) is 42.5 Å². The van der Waals surface area contributed by atoms with Crippen LogP contribution in [0.5, 0.6) is 0 Å². The van der Waals surface area contributed by atoms with Crippen molar-refractivity contribution in [3.8, 4) is 0 Å². The van der Waals surface area contributed by atoms with E-state index in [-0.39, 0.29) is 0 Å². The number of rotatable bonds is 3. The summed E-state index contributed by atoms with van der Waals surface area (Å²) in [6.07, 6.45) is 0. The van der Waals surface area contributed by atoms with Gasteiger partial charge >= 0.3 is 0 Å². The second-order valence-corrected chi connectivity index (χ2v) is 5.92. The van der Waals surface area contributed by atoms with Gasteiger partial charge in [0.05, 0.1) is 24.2 Å². The van der Waals surface area contributed by atoms with Crippen molar-refractivity contribution in [2.24, 2.45) is 0 Å². The molecule has 3 rings (SSSR count). The van der Waals surface area contributed by atoms with Gasteiger partial charge in [0.1, 0.15) is 0 Å². The Balaban J connectivity index is 1.64. The van der Waals surface area contributed by atoms with Crippen LogP contribution in [0.1, 0.15) is 0 Å². The molecule has 2 aromatic rings. The Morgan fingerprint density at radius 1 is 1.24 bits per heavy atom. The number of H-pyrrole nitrogens is 1. The number of nitrogens with zero attached hydrogens (tertiary/aromatic N) is 2. The van der Waals surface area contributed by atoms with Crippen molar-refractivity contribution in [1.82, 2.24) is 14.3 Å². The topological polar surface area (TPSA) is 41.2 Å². The van der Waals surface area contributed by atoms with Crippen LogP contribution in [0, 0.1) is 0 Å². The summed E-state index contributed by atoms with van der Waals surface area (Å²) in [6.45, 7) is 3.62. The molecule has 17 heavy (non-hydrogen) atoms. The van der Waals surface area contributed by atoms with E-state index >= 15 is 0 Å². The van der Waals surface area contributed by atoms with Gasteiger partial charge in [0.2, 0.25) is 0 Å². The van der Waals surface area contributed by atoms with Crippen LogP contribution in [0.4, 0.5) is 0 Å². The Hall–Kier alpha value is -0.690. The predicted molar refractivity (Wildman–Crippen MR) is 71.9 cm³/mol. The molecular weight excluding hydrogens is 254 g/mol. The predicted octanol–water partition coefficient (Wildman–Crippen LogP) is 2.55. The van der Waals surface area contributed by atoms with Gasteiger partial charge in [0, 0.05) is 13.1 Å². The van der Waals surface area contributed by atoms with E-state index in [2.05, 4.69) is 14.3 Å². The summed E-state index contributed by atoms with van der Waals surface area (Å²) >= 11 is 0. The second kappa shape index (κ2) is 5.30. The first-order valence-electron chi connectivity index (χ1n) is 5.54. The third-order valence-corrected chi connectivity index (χ3v) is 4.89. The lowest BCUT2D eigenvalue weighted by Gasteiger charge is -2.23. The molecule has 1 N–H and O–H groups in total. The van der Waals surface area contributed by atoms with Crippen molar-refractivity contribution in [1.29, 1.82) is 0 Å². The molecule has 0 bridgehead atoms. The van der Waals surface area contributed by atoms with Gasteiger partial charge < -0.3 is 9.72 Å². The van der Waals surface area contributed by atoms with Crippen LogP contribution in [0.3, 0.4) is 0 Å². The SMILES string of the molecule is c1ccc2[nH]c(SSN3CCOCC3)nc2c1. The molecule has 2 heterocycles. The fourth-order valence-corrected chi connectivity index (χ4v) is 3.65. The van der Waals surface area contributed by atoms with Crippen LogP contribution < -0.4 is 0 Å². The molecule has 1 aromatic heterocycles. The average molecular weight is 267 g/mol. The molecule has 1 fully saturated rings. The molecule has 0 spiro atoms. The molecule has 1 aromatic carbocycles. The lowest BCUT2D eigenvalue weighted by Crippen LogP contribution is -2.30. The minimum absolute atomic E-state index is 0.827. The number of ether oxygens (including phenoxy) is 1. The first-order valence-corrected chi connectivity index (χ1v) is 7.64. The average Bonchev–Trinajstić information content (AvgIpc) is 2.80. The normalized spacial score (nSPS) is 17.6. The molecule has 4 nitrogen and oxygen atoms in total. The fourth-order valence-electron chi connectivity index (χ4n) is 1.68. The highest BCUT2D eigenvalue weighted by Gasteiger charge is 2.12. The third kappa shape index (κ3) is 2.77. The van der Waals surface area contributed by atoms with Crippen molar-refractivity contribution in [2.45, 2.75) is 5.16 Å². The summed E-state index contributed by atoms with van der Waals surface area (Å²) in [5.41, 5.74) is 2.12. The van der Waals surface area contributed by atoms with Gasteiger partial charge in [-0.3, -0.25) is 0 Å². The Bertz CT molecular complexity index is 463. The number of imidazole rings is 1. The van der Waals surface area contributed by atoms with Crippen LogP contribution in [0.25, 0.3) is 11.0 Å². The molecule has 6 heteroatoms. The molecule has 0 unspecified atom stereocenters. The smallest absolute Gasteiger partial charge is 0.178 e. The standard InChI is InChI=1S/C11H13N3OS2/c1-2-4-10-9(3-1)12-11(13-10)16-17-14-5-7-15-8-6-14/h1-4H,5-8H2,(H,12,13). The Labute approximate surface area is 108 Å². The van der Waals surface area contributed by atoms with Crippen molar-refractivity contribution >= 4 is 32.8 Å². The Kier molecular flexibility index (Phi) is 3.56.